The van der Waals surface area contributed by atoms with Crippen LogP contribution in [0.5, 0.6) is 0 Å². The molecule has 0 heterocycles. The van der Waals surface area contributed by atoms with Crippen LogP contribution in [0.15, 0.2) is 60.2 Å². The second kappa shape index (κ2) is 4.35. The van der Waals surface area contributed by atoms with Crippen molar-refractivity contribution in [3.05, 3.63) is 71.3 Å². The van der Waals surface area contributed by atoms with E-state index in [0.29, 0.717) is 0 Å². The van der Waals surface area contributed by atoms with Gasteiger partial charge in [-0.1, -0.05) is 67.1 Å². The van der Waals surface area contributed by atoms with Crippen LogP contribution in [-0.2, 0) is 5.41 Å². The minimum Gasteiger partial charge on any atom is -0.0819 e. The van der Waals surface area contributed by atoms with Crippen LogP contribution >= 0.6 is 0 Å². The number of hydrogen-bond acceptors (Lipinski definition) is 0. The maximum Gasteiger partial charge on any atom is 0.0224 e. The molecule has 2 unspecified atom stereocenters. The largest absolute Gasteiger partial charge is 0.0819 e. The summed E-state index contributed by atoms with van der Waals surface area (Å²) in [5, 5.41) is 0. The zero-order valence-electron chi connectivity index (χ0n) is 13.2. The Labute approximate surface area is 132 Å². The fourth-order valence-corrected chi connectivity index (χ4v) is 5.29. The molecule has 0 radical (unpaired) electrons. The maximum absolute atomic E-state index is 2.61. The summed E-state index contributed by atoms with van der Waals surface area (Å²) in [5.74, 6) is 1.76. The van der Waals surface area contributed by atoms with Crippen LogP contribution in [0.3, 0.4) is 0 Å². The molecule has 0 aromatic heterocycles. The van der Waals surface area contributed by atoms with Crippen molar-refractivity contribution in [2.45, 2.75) is 38.0 Å². The third-order valence-corrected chi connectivity index (χ3v) is 6.34. The molecule has 0 N–H and O–H groups in total. The molecular formula is C22H22. The van der Waals surface area contributed by atoms with Crippen LogP contribution in [0.4, 0.5) is 0 Å². The van der Waals surface area contributed by atoms with Gasteiger partial charge >= 0.3 is 0 Å². The molecule has 2 bridgehead atoms. The average molecular weight is 286 g/mol. The summed E-state index contributed by atoms with van der Waals surface area (Å²) in [6.45, 7) is 2.46. The van der Waals surface area contributed by atoms with E-state index in [2.05, 4.69) is 61.5 Å². The zero-order chi connectivity index (χ0) is 14.7. The van der Waals surface area contributed by atoms with Crippen LogP contribution in [-0.4, -0.2) is 0 Å². The predicted molar refractivity (Wildman–Crippen MR) is 91.9 cm³/mol. The molecule has 0 saturated heterocycles. The van der Waals surface area contributed by atoms with Gasteiger partial charge in [-0.2, -0.15) is 0 Å². The Morgan fingerprint density at radius 1 is 0.909 bits per heavy atom. The molecule has 3 aliphatic carbocycles. The van der Waals surface area contributed by atoms with Crippen LogP contribution in [0.25, 0.3) is 11.1 Å². The second-order valence-corrected chi connectivity index (χ2v) is 7.61. The first-order valence-corrected chi connectivity index (χ1v) is 8.66. The summed E-state index contributed by atoms with van der Waals surface area (Å²) in [7, 11) is 0. The molecule has 5 rings (SSSR count). The molecule has 0 amide bonds. The van der Waals surface area contributed by atoms with Gasteiger partial charge in [-0.05, 0) is 59.8 Å². The van der Waals surface area contributed by atoms with E-state index in [1.165, 1.54) is 47.9 Å². The smallest absolute Gasteiger partial charge is 0.0224 e. The average Bonchev–Trinajstić information content (AvgIpc) is 3.22. The molecule has 0 heteroatoms. The van der Waals surface area contributed by atoms with E-state index in [0.717, 1.165) is 11.8 Å². The molecule has 0 nitrogen and oxygen atoms in total. The molecule has 1 fully saturated rings. The van der Waals surface area contributed by atoms with Gasteiger partial charge in [0.2, 0.25) is 0 Å². The Hall–Kier alpha value is -1.82. The van der Waals surface area contributed by atoms with Gasteiger partial charge in [0, 0.05) is 5.41 Å². The number of fused-ring (bicyclic) bond motifs is 5. The summed E-state index contributed by atoms with van der Waals surface area (Å²) >= 11 is 0. The monoisotopic (exact) mass is 286 g/mol. The van der Waals surface area contributed by atoms with Crippen molar-refractivity contribution < 1.29 is 0 Å². The van der Waals surface area contributed by atoms with Crippen molar-refractivity contribution in [3.63, 3.8) is 0 Å². The van der Waals surface area contributed by atoms with Crippen LogP contribution in [0.2, 0.25) is 0 Å². The highest BCUT2D eigenvalue weighted by Crippen LogP contribution is 2.55. The standard InChI is InChI=1S/C22H22/c1-22(14-17-13-15-10-11-16(17)12-15)20-8-4-2-6-18(20)19-7-3-5-9-21(19)22/h2-9,13,15-16H,10-12,14H2,1H3. The highest BCUT2D eigenvalue weighted by Gasteiger charge is 2.42. The number of hydrogen-bond donors (Lipinski definition) is 0. The van der Waals surface area contributed by atoms with Gasteiger partial charge in [0.05, 0.1) is 0 Å². The fraction of sp³-hybridized carbons (Fsp3) is 0.364. The molecule has 22 heavy (non-hydrogen) atoms. The fourth-order valence-electron chi connectivity index (χ4n) is 5.29. The summed E-state index contributed by atoms with van der Waals surface area (Å²) in [6.07, 6.45) is 8.10. The SMILES string of the molecule is CC1(CC2=CC3CCC2C3)c2ccccc2-c2ccccc21. The molecule has 2 aromatic carbocycles. The lowest BCUT2D eigenvalue weighted by Crippen LogP contribution is -2.22. The van der Waals surface area contributed by atoms with Gasteiger partial charge in [0.25, 0.3) is 0 Å². The van der Waals surface area contributed by atoms with E-state index in [-0.39, 0.29) is 5.41 Å². The highest BCUT2D eigenvalue weighted by atomic mass is 14.5. The first kappa shape index (κ1) is 12.7. The van der Waals surface area contributed by atoms with E-state index in [9.17, 15) is 0 Å². The summed E-state index contributed by atoms with van der Waals surface area (Å²) < 4.78 is 0. The normalized spacial score (nSPS) is 26.7. The molecule has 1 saturated carbocycles. The van der Waals surface area contributed by atoms with Gasteiger partial charge in [-0.15, -0.1) is 0 Å². The van der Waals surface area contributed by atoms with Gasteiger partial charge in [-0.25, -0.2) is 0 Å². The zero-order valence-corrected chi connectivity index (χ0v) is 13.2. The highest BCUT2D eigenvalue weighted by molar-refractivity contribution is 5.81. The molecule has 2 atom stereocenters. The Morgan fingerprint density at radius 2 is 1.55 bits per heavy atom. The number of allylic oxidation sites excluding steroid dienone is 2. The van der Waals surface area contributed by atoms with Crippen molar-refractivity contribution in [2.24, 2.45) is 11.8 Å². The maximum atomic E-state index is 2.61. The van der Waals surface area contributed by atoms with Crippen LogP contribution in [0.1, 0.15) is 43.7 Å². The molecular weight excluding hydrogens is 264 g/mol. The molecule has 110 valence electrons. The van der Waals surface area contributed by atoms with E-state index in [1.807, 2.05) is 0 Å². The van der Waals surface area contributed by atoms with Gasteiger partial charge in [0.15, 0.2) is 0 Å². The Bertz CT molecular complexity index is 735. The first-order valence-electron chi connectivity index (χ1n) is 8.66. The van der Waals surface area contributed by atoms with E-state index in [1.54, 1.807) is 5.57 Å². The van der Waals surface area contributed by atoms with E-state index < -0.39 is 0 Å². The van der Waals surface area contributed by atoms with Gasteiger partial charge in [-0.3, -0.25) is 0 Å². The summed E-state index contributed by atoms with van der Waals surface area (Å²) in [5.41, 5.74) is 7.85. The Morgan fingerprint density at radius 3 is 2.09 bits per heavy atom. The molecule has 3 aliphatic rings. The lowest BCUT2D eigenvalue weighted by atomic mass is 9.73. The molecule has 0 aliphatic heterocycles. The minimum absolute atomic E-state index is 0.156. The molecule has 0 spiro atoms. The minimum atomic E-state index is 0.156. The first-order chi connectivity index (χ1) is 10.8. The third-order valence-electron chi connectivity index (χ3n) is 6.34. The Balaban J connectivity index is 1.65. The topological polar surface area (TPSA) is 0 Å². The van der Waals surface area contributed by atoms with Crippen molar-refractivity contribution in [2.75, 3.05) is 0 Å². The lowest BCUT2D eigenvalue weighted by Gasteiger charge is -2.30. The number of rotatable bonds is 2. The van der Waals surface area contributed by atoms with Gasteiger partial charge < -0.3 is 0 Å². The molecule has 2 aromatic rings. The number of benzene rings is 2. The van der Waals surface area contributed by atoms with Crippen molar-refractivity contribution in [1.29, 1.82) is 0 Å². The van der Waals surface area contributed by atoms with E-state index in [4.69, 9.17) is 0 Å². The van der Waals surface area contributed by atoms with Crippen molar-refractivity contribution in [1.82, 2.24) is 0 Å². The lowest BCUT2D eigenvalue weighted by molar-refractivity contribution is 0.522. The summed E-state index contributed by atoms with van der Waals surface area (Å²) in [6, 6.07) is 18.1. The van der Waals surface area contributed by atoms with Gasteiger partial charge in [0.1, 0.15) is 0 Å². The van der Waals surface area contributed by atoms with Crippen LogP contribution < -0.4 is 0 Å². The van der Waals surface area contributed by atoms with Crippen LogP contribution in [0, 0.1) is 11.8 Å². The van der Waals surface area contributed by atoms with E-state index >= 15 is 0 Å². The van der Waals surface area contributed by atoms with Crippen molar-refractivity contribution >= 4 is 0 Å². The third kappa shape index (κ3) is 1.59. The van der Waals surface area contributed by atoms with Crippen molar-refractivity contribution in [3.8, 4) is 11.1 Å². The summed E-state index contributed by atoms with van der Waals surface area (Å²) in [4.78, 5) is 0. The predicted octanol–water partition coefficient (Wildman–Crippen LogP) is 5.72. The Kier molecular flexibility index (Phi) is 2.51. The quantitative estimate of drug-likeness (QED) is 0.619. The second-order valence-electron chi connectivity index (χ2n) is 7.61.